The zero-order valence-corrected chi connectivity index (χ0v) is 25.0. The van der Waals surface area contributed by atoms with E-state index in [4.69, 9.17) is 12.6 Å². The summed E-state index contributed by atoms with van der Waals surface area (Å²) >= 11 is 0. The lowest BCUT2D eigenvalue weighted by Gasteiger charge is -2.18. The van der Waals surface area contributed by atoms with Crippen LogP contribution in [0.1, 0.15) is 9.60 Å². The highest BCUT2D eigenvalue weighted by Gasteiger charge is 2.20. The van der Waals surface area contributed by atoms with E-state index in [1.807, 2.05) is 78.9 Å². The highest BCUT2D eigenvalue weighted by molar-refractivity contribution is 6.25. The third-order valence-corrected chi connectivity index (χ3v) is 9.34. The molecule has 0 aliphatic carbocycles. The molecule has 0 aliphatic rings. The van der Waals surface area contributed by atoms with Gasteiger partial charge in [-0.1, -0.05) is 151 Å². The van der Waals surface area contributed by atoms with Crippen LogP contribution in [0.25, 0.3) is 98.4 Å². The maximum Gasteiger partial charge on any atom is 0.143 e. The summed E-state index contributed by atoms with van der Waals surface area (Å²) < 4.78 is 68.0. The normalized spacial score (nSPS) is 13.9. The van der Waals surface area contributed by atoms with Crippen LogP contribution < -0.4 is 0 Å². The van der Waals surface area contributed by atoms with E-state index in [1.165, 1.54) is 0 Å². The fourth-order valence-electron chi connectivity index (χ4n) is 7.32. The number of fused-ring (bicyclic) bond motifs is 8. The smallest absolute Gasteiger partial charge is 0.143 e. The second-order valence-electron chi connectivity index (χ2n) is 11.9. The van der Waals surface area contributed by atoms with E-state index in [1.54, 1.807) is 0 Å². The van der Waals surface area contributed by atoms with Crippen LogP contribution in [-0.2, 0) is 0 Å². The van der Waals surface area contributed by atoms with Gasteiger partial charge in [-0.15, -0.1) is 0 Å². The van der Waals surface area contributed by atoms with E-state index in [0.717, 1.165) is 76.5 Å². The number of hydrogen-bond donors (Lipinski definition) is 0. The van der Waals surface area contributed by atoms with Crippen LogP contribution in [0.2, 0.25) is 0 Å². The van der Waals surface area contributed by atoms with E-state index >= 15 is 0 Å². The molecule has 47 heavy (non-hydrogen) atoms. The Morgan fingerprint density at radius 3 is 1.74 bits per heavy atom. The average Bonchev–Trinajstić information content (AvgIpc) is 3.58. The summed E-state index contributed by atoms with van der Waals surface area (Å²) in [4.78, 5) is 0. The van der Waals surface area contributed by atoms with Crippen LogP contribution in [0, 0.1) is 0 Å². The molecule has 0 bridgehead atoms. The molecule has 10 rings (SSSR count). The van der Waals surface area contributed by atoms with Gasteiger partial charge in [0.05, 0.1) is 9.60 Å². The molecule has 0 N–H and O–H groups in total. The van der Waals surface area contributed by atoms with Gasteiger partial charge in [0.1, 0.15) is 11.2 Å². The van der Waals surface area contributed by atoms with E-state index in [0.29, 0.717) is 5.56 Å². The molecule has 0 aliphatic heterocycles. The molecule has 1 nitrogen and oxygen atoms in total. The Labute approximate surface area is 281 Å². The molecule has 0 unspecified atom stereocenters. The number of benzene rings is 9. The minimum atomic E-state index is -0.472. The third-order valence-electron chi connectivity index (χ3n) is 9.34. The van der Waals surface area contributed by atoms with Gasteiger partial charge >= 0.3 is 0 Å². The maximum atomic E-state index is 9.23. The van der Waals surface area contributed by atoms with Gasteiger partial charge < -0.3 is 4.42 Å². The average molecular weight is 604 g/mol. The third kappa shape index (κ3) is 3.90. The summed E-state index contributed by atoms with van der Waals surface area (Å²) in [6.07, 6.45) is 0. The first-order chi connectivity index (χ1) is 26.2. The number of rotatable bonds is 3. The first kappa shape index (κ1) is 20.0. The molecule has 218 valence electrons. The summed E-state index contributed by atoms with van der Waals surface area (Å²) in [6, 6.07) is 40.2. The van der Waals surface area contributed by atoms with E-state index in [2.05, 4.69) is 48.5 Å². The summed E-state index contributed by atoms with van der Waals surface area (Å²) in [5.41, 5.74) is 6.56. The molecule has 0 saturated carbocycles. The second-order valence-corrected chi connectivity index (χ2v) is 11.9. The van der Waals surface area contributed by atoms with Gasteiger partial charge in [-0.25, -0.2) is 0 Å². The Morgan fingerprint density at radius 2 is 1.00 bits per heavy atom. The van der Waals surface area contributed by atoms with Crippen LogP contribution in [0.3, 0.4) is 0 Å². The van der Waals surface area contributed by atoms with Crippen molar-refractivity contribution in [3.63, 3.8) is 0 Å². The number of furan rings is 1. The molecule has 0 saturated heterocycles. The Bertz CT molecular complexity index is 3170. The predicted octanol–water partition coefficient (Wildman–Crippen LogP) is 13.2. The van der Waals surface area contributed by atoms with Gasteiger partial charge in [-0.3, -0.25) is 0 Å². The molecule has 0 amide bonds. The molecule has 0 spiro atoms. The van der Waals surface area contributed by atoms with Gasteiger partial charge in [-0.05, 0) is 89.3 Å². The molecule has 10 aromatic rings. The Balaban J connectivity index is 1.32. The van der Waals surface area contributed by atoms with Gasteiger partial charge in [0.2, 0.25) is 0 Å². The lowest BCUT2D eigenvalue weighted by Crippen LogP contribution is -1.91. The van der Waals surface area contributed by atoms with Crippen LogP contribution in [-0.4, -0.2) is 0 Å². The van der Waals surface area contributed by atoms with Crippen molar-refractivity contribution in [2.45, 2.75) is 0 Å². The van der Waals surface area contributed by atoms with Crippen LogP contribution in [0.5, 0.6) is 0 Å². The summed E-state index contributed by atoms with van der Waals surface area (Å²) in [6.45, 7) is 0. The van der Waals surface area contributed by atoms with Crippen molar-refractivity contribution in [1.29, 1.82) is 0 Å². The van der Waals surface area contributed by atoms with Crippen molar-refractivity contribution in [2.75, 3.05) is 0 Å². The summed E-state index contributed by atoms with van der Waals surface area (Å²) in [5.74, 6) is 0. The maximum absolute atomic E-state index is 9.23. The fraction of sp³-hybridized carbons (Fsp3) is 0. The monoisotopic (exact) mass is 603 g/mol. The molecule has 0 atom stereocenters. The second kappa shape index (κ2) is 10.2. The highest BCUT2D eigenvalue weighted by atomic mass is 16.3. The zero-order chi connectivity index (χ0) is 37.0. The lowest BCUT2D eigenvalue weighted by molar-refractivity contribution is 0.673. The van der Waals surface area contributed by atoms with Crippen LogP contribution in [0.15, 0.2) is 174 Å². The number of hydrogen-bond acceptors (Lipinski definition) is 1. The Kier molecular flexibility index (Phi) is 4.34. The van der Waals surface area contributed by atoms with Crippen molar-refractivity contribution in [3.05, 3.63) is 170 Å². The molecule has 1 aromatic heterocycles. The molecule has 9 aromatic carbocycles. The molecular formula is C46H28O. The van der Waals surface area contributed by atoms with Crippen molar-refractivity contribution < 1.29 is 14.0 Å². The van der Waals surface area contributed by atoms with Gasteiger partial charge in [0.25, 0.3) is 0 Å². The van der Waals surface area contributed by atoms with Gasteiger partial charge in [0, 0.05) is 16.2 Å². The van der Waals surface area contributed by atoms with Gasteiger partial charge in [0.15, 0.2) is 0 Å². The quantitative estimate of drug-likeness (QED) is 0.183. The van der Waals surface area contributed by atoms with E-state index < -0.39 is 12.1 Å². The Morgan fingerprint density at radius 1 is 0.383 bits per heavy atom. The summed E-state index contributed by atoms with van der Waals surface area (Å²) in [5, 5.41) is 7.43. The van der Waals surface area contributed by atoms with E-state index in [-0.39, 0.29) is 46.5 Å². The molecule has 1 heterocycles. The predicted molar refractivity (Wildman–Crippen MR) is 200 cm³/mol. The van der Waals surface area contributed by atoms with Crippen molar-refractivity contribution in [1.82, 2.24) is 0 Å². The minimum Gasteiger partial charge on any atom is -0.455 e. The SMILES string of the molecule is [2H]c1c([2H])c([2H])c2c(-c3c4ccccc4c(-c4ccc5oc6c7ccccc7c(-c7ccccc7)cc6c5c4)c4ccccc34)c([2H])c([2H])c([2H])c2c1[2H]. The molecule has 0 radical (unpaired) electrons. The van der Waals surface area contributed by atoms with E-state index in [9.17, 15) is 1.37 Å². The van der Waals surface area contributed by atoms with Crippen molar-refractivity contribution in [2.24, 2.45) is 0 Å². The topological polar surface area (TPSA) is 13.1 Å². The van der Waals surface area contributed by atoms with Crippen molar-refractivity contribution >= 4 is 65.0 Å². The Hall–Kier alpha value is -6.18. The highest BCUT2D eigenvalue weighted by Crippen LogP contribution is 2.47. The molecule has 1 heteroatoms. The minimum absolute atomic E-state index is 0.0612. The van der Waals surface area contributed by atoms with Crippen LogP contribution in [0.4, 0.5) is 0 Å². The largest absolute Gasteiger partial charge is 0.455 e. The summed E-state index contributed by atoms with van der Waals surface area (Å²) in [7, 11) is 0. The first-order valence-corrected chi connectivity index (χ1v) is 15.6. The van der Waals surface area contributed by atoms with Crippen LogP contribution >= 0.6 is 0 Å². The zero-order valence-electron chi connectivity index (χ0n) is 32.0. The van der Waals surface area contributed by atoms with Gasteiger partial charge in [-0.2, -0.15) is 0 Å². The first-order valence-electron chi connectivity index (χ1n) is 19.1. The lowest BCUT2D eigenvalue weighted by atomic mass is 9.84. The van der Waals surface area contributed by atoms with Crippen molar-refractivity contribution in [3.8, 4) is 33.4 Å². The molecular weight excluding hydrogens is 569 g/mol. The molecule has 0 fully saturated rings. The fourth-order valence-corrected chi connectivity index (χ4v) is 7.32. The standard InChI is InChI=1S/C46H28O/c1-2-13-30(14-3-1)40-28-42-41-27-31(25-26-43(41)47-46(42)39-23-11-6-18-33(39)40)44-35-19-7-9-21-37(35)45(38-22-10-8-20-36(38)44)34-24-12-16-29-15-4-5-17-32(29)34/h1-28H/i4D,5D,12D,15D,16D,17D,24D.